The second-order valence-electron chi connectivity index (χ2n) is 4.12. The Morgan fingerprint density at radius 2 is 1.70 bits per heavy atom. The molecule has 0 aliphatic rings. The van der Waals surface area contributed by atoms with Crippen molar-refractivity contribution in [3.05, 3.63) is 23.8 Å². The molecule has 1 aromatic carbocycles. The maximum Gasteiger partial charge on any atom is 0.320 e. The van der Waals surface area contributed by atoms with Crippen molar-refractivity contribution in [3.8, 4) is 11.5 Å². The normalized spacial score (nSPS) is 11.6. The molecule has 0 radical (unpaired) electrons. The van der Waals surface area contributed by atoms with Gasteiger partial charge in [0.25, 0.3) is 0 Å². The van der Waals surface area contributed by atoms with Crippen molar-refractivity contribution in [3.63, 3.8) is 0 Å². The predicted molar refractivity (Wildman–Crippen MR) is 68.4 cm³/mol. The number of rotatable bonds is 5. The molecule has 0 bridgehead atoms. The zero-order valence-electron chi connectivity index (χ0n) is 11.1. The minimum atomic E-state index is -1.14. The summed E-state index contributed by atoms with van der Waals surface area (Å²) in [4.78, 5) is 32.7. The number of carbonyl (C=O) groups is 3. The SMILES string of the molecule is CC(=O)Oc1ccc(CC(N)C(=O)O)cc1OC(C)=O. The molecule has 20 heavy (non-hydrogen) atoms. The van der Waals surface area contributed by atoms with E-state index in [9.17, 15) is 14.4 Å². The van der Waals surface area contributed by atoms with Crippen LogP contribution in [0, 0.1) is 0 Å². The van der Waals surface area contributed by atoms with E-state index in [0.29, 0.717) is 5.56 Å². The van der Waals surface area contributed by atoms with E-state index in [2.05, 4.69) is 0 Å². The lowest BCUT2D eigenvalue weighted by Gasteiger charge is -2.11. The number of carbonyl (C=O) groups excluding carboxylic acids is 2. The summed E-state index contributed by atoms with van der Waals surface area (Å²) < 4.78 is 9.81. The standard InChI is InChI=1S/C13H15NO6/c1-7(15)19-11-4-3-9(5-10(14)13(17)18)6-12(11)20-8(2)16/h3-4,6,10H,5,14H2,1-2H3,(H,17,18). The number of carboxylic acids is 1. The van der Waals surface area contributed by atoms with Crippen molar-refractivity contribution in [1.82, 2.24) is 0 Å². The van der Waals surface area contributed by atoms with Gasteiger partial charge in [-0.1, -0.05) is 6.07 Å². The van der Waals surface area contributed by atoms with Crippen LogP contribution in [0.3, 0.4) is 0 Å². The maximum atomic E-state index is 11.0. The number of hydrogen-bond acceptors (Lipinski definition) is 6. The number of benzene rings is 1. The summed E-state index contributed by atoms with van der Waals surface area (Å²) in [6, 6.07) is 3.32. The molecule has 0 aliphatic carbocycles. The van der Waals surface area contributed by atoms with Gasteiger partial charge in [0.2, 0.25) is 0 Å². The van der Waals surface area contributed by atoms with Gasteiger partial charge in [-0.15, -0.1) is 0 Å². The Balaban J connectivity index is 3.03. The smallest absolute Gasteiger partial charge is 0.320 e. The molecule has 1 unspecified atom stereocenters. The summed E-state index contributed by atoms with van der Waals surface area (Å²) in [5.74, 6) is -2.15. The molecule has 0 heterocycles. The predicted octanol–water partition coefficient (Wildman–Crippen LogP) is 0.492. The molecule has 0 fully saturated rings. The van der Waals surface area contributed by atoms with Crippen LogP contribution in [0.5, 0.6) is 11.5 Å². The molecule has 0 amide bonds. The quantitative estimate of drug-likeness (QED) is 0.596. The van der Waals surface area contributed by atoms with Crippen LogP contribution in [0.4, 0.5) is 0 Å². The lowest BCUT2D eigenvalue weighted by atomic mass is 10.1. The Morgan fingerprint density at radius 3 is 2.20 bits per heavy atom. The minimum absolute atomic E-state index is 0.0442. The average Bonchev–Trinajstić information content (AvgIpc) is 2.31. The molecule has 0 aromatic heterocycles. The van der Waals surface area contributed by atoms with Crippen molar-refractivity contribution >= 4 is 17.9 Å². The van der Waals surface area contributed by atoms with E-state index in [-0.39, 0.29) is 17.9 Å². The third-order valence-corrected chi connectivity index (χ3v) is 2.29. The fourth-order valence-corrected chi connectivity index (χ4v) is 1.49. The van der Waals surface area contributed by atoms with Crippen molar-refractivity contribution in [2.45, 2.75) is 26.3 Å². The van der Waals surface area contributed by atoms with Crippen molar-refractivity contribution in [2.24, 2.45) is 5.73 Å². The Morgan fingerprint density at radius 1 is 1.15 bits per heavy atom. The maximum absolute atomic E-state index is 11.0. The molecule has 0 saturated heterocycles. The second kappa shape index (κ2) is 6.67. The second-order valence-corrected chi connectivity index (χ2v) is 4.12. The molecule has 0 saturated carbocycles. The number of esters is 2. The van der Waals surface area contributed by atoms with Crippen LogP contribution in [-0.4, -0.2) is 29.1 Å². The third kappa shape index (κ3) is 4.69. The fourth-order valence-electron chi connectivity index (χ4n) is 1.49. The minimum Gasteiger partial charge on any atom is -0.480 e. The van der Waals surface area contributed by atoms with Crippen LogP contribution in [0.25, 0.3) is 0 Å². The molecular weight excluding hydrogens is 266 g/mol. The molecule has 1 atom stereocenters. The van der Waals surface area contributed by atoms with E-state index in [1.807, 2.05) is 0 Å². The number of ether oxygens (including phenoxy) is 2. The molecule has 1 rings (SSSR count). The number of nitrogens with two attached hydrogens (primary N) is 1. The molecule has 7 heteroatoms. The molecular formula is C13H15NO6. The highest BCUT2D eigenvalue weighted by molar-refractivity contribution is 5.75. The van der Waals surface area contributed by atoms with Gasteiger partial charge in [-0.2, -0.15) is 0 Å². The molecule has 1 aromatic rings. The number of aliphatic carboxylic acids is 1. The van der Waals surface area contributed by atoms with E-state index in [4.69, 9.17) is 20.3 Å². The van der Waals surface area contributed by atoms with Crippen molar-refractivity contribution in [1.29, 1.82) is 0 Å². The Labute approximate surface area is 115 Å². The summed E-state index contributed by atoms with van der Waals surface area (Å²) in [7, 11) is 0. The van der Waals surface area contributed by atoms with Crippen molar-refractivity contribution < 1.29 is 29.0 Å². The fraction of sp³-hybridized carbons (Fsp3) is 0.308. The zero-order chi connectivity index (χ0) is 15.3. The van der Waals surface area contributed by atoms with E-state index in [1.54, 1.807) is 6.07 Å². The van der Waals surface area contributed by atoms with Crippen LogP contribution in [-0.2, 0) is 20.8 Å². The highest BCUT2D eigenvalue weighted by atomic mass is 16.6. The highest BCUT2D eigenvalue weighted by Gasteiger charge is 2.15. The van der Waals surface area contributed by atoms with Gasteiger partial charge in [0.1, 0.15) is 6.04 Å². The molecule has 7 nitrogen and oxygen atoms in total. The largest absolute Gasteiger partial charge is 0.480 e. The van der Waals surface area contributed by atoms with Crippen molar-refractivity contribution in [2.75, 3.05) is 0 Å². The highest BCUT2D eigenvalue weighted by Crippen LogP contribution is 2.29. The Kier molecular flexibility index (Phi) is 5.22. The summed E-state index contributed by atoms with van der Waals surface area (Å²) in [6.45, 7) is 2.42. The topological polar surface area (TPSA) is 116 Å². The molecule has 0 spiro atoms. The zero-order valence-corrected chi connectivity index (χ0v) is 11.1. The Hall–Kier alpha value is -2.41. The van der Waals surface area contributed by atoms with Crippen LogP contribution in [0.15, 0.2) is 18.2 Å². The number of hydrogen-bond donors (Lipinski definition) is 2. The first-order chi connectivity index (χ1) is 9.29. The van der Waals surface area contributed by atoms with Gasteiger partial charge in [-0.05, 0) is 24.1 Å². The molecule has 0 aliphatic heterocycles. The lowest BCUT2D eigenvalue weighted by Crippen LogP contribution is -2.32. The van der Waals surface area contributed by atoms with Gasteiger partial charge in [0.05, 0.1) is 0 Å². The van der Waals surface area contributed by atoms with Crippen LogP contribution in [0.2, 0.25) is 0 Å². The Bertz CT molecular complexity index is 540. The van der Waals surface area contributed by atoms with Gasteiger partial charge in [0.15, 0.2) is 11.5 Å². The van der Waals surface area contributed by atoms with Crippen LogP contribution < -0.4 is 15.2 Å². The van der Waals surface area contributed by atoms with Gasteiger partial charge in [-0.25, -0.2) is 0 Å². The average molecular weight is 281 g/mol. The van der Waals surface area contributed by atoms with Gasteiger partial charge < -0.3 is 20.3 Å². The van der Waals surface area contributed by atoms with E-state index < -0.39 is 23.9 Å². The van der Waals surface area contributed by atoms with Gasteiger partial charge >= 0.3 is 17.9 Å². The summed E-state index contributed by atoms with van der Waals surface area (Å²) in [5, 5.41) is 8.75. The summed E-state index contributed by atoms with van der Waals surface area (Å²) in [5.41, 5.74) is 5.97. The summed E-state index contributed by atoms with van der Waals surface area (Å²) >= 11 is 0. The van der Waals surface area contributed by atoms with Gasteiger partial charge in [-0.3, -0.25) is 14.4 Å². The lowest BCUT2D eigenvalue weighted by molar-refractivity contribution is -0.138. The van der Waals surface area contributed by atoms with E-state index in [0.717, 1.165) is 0 Å². The first-order valence-electron chi connectivity index (χ1n) is 5.77. The summed E-state index contributed by atoms with van der Waals surface area (Å²) in [6.07, 6.45) is 0.0595. The molecule has 3 N–H and O–H groups in total. The first kappa shape index (κ1) is 15.6. The van der Waals surface area contributed by atoms with Crippen LogP contribution >= 0.6 is 0 Å². The van der Waals surface area contributed by atoms with Gasteiger partial charge in [0, 0.05) is 13.8 Å². The monoisotopic (exact) mass is 281 g/mol. The third-order valence-electron chi connectivity index (χ3n) is 2.29. The molecule has 108 valence electrons. The number of carboxylic acid groups (broad SMARTS) is 1. The van der Waals surface area contributed by atoms with E-state index in [1.165, 1.54) is 26.0 Å². The van der Waals surface area contributed by atoms with E-state index >= 15 is 0 Å². The first-order valence-corrected chi connectivity index (χ1v) is 5.77. The van der Waals surface area contributed by atoms with Crippen LogP contribution in [0.1, 0.15) is 19.4 Å².